The van der Waals surface area contributed by atoms with Crippen LogP contribution < -0.4 is 5.32 Å². The van der Waals surface area contributed by atoms with Gasteiger partial charge in [-0.1, -0.05) is 6.07 Å². The summed E-state index contributed by atoms with van der Waals surface area (Å²) in [5.74, 6) is 0. The van der Waals surface area contributed by atoms with Crippen LogP contribution in [0, 0.1) is 6.92 Å². The van der Waals surface area contributed by atoms with E-state index in [1.54, 1.807) is 12.1 Å². The molecule has 20 heavy (non-hydrogen) atoms. The second-order valence-corrected chi connectivity index (χ2v) is 7.10. The van der Waals surface area contributed by atoms with E-state index in [1.807, 2.05) is 27.0 Å². The number of ether oxygens (including phenoxy) is 1. The van der Waals surface area contributed by atoms with Gasteiger partial charge in [0.15, 0.2) is 0 Å². The molecule has 1 N–H and O–H groups in total. The highest BCUT2D eigenvalue weighted by atomic mass is 32.2. The first kappa shape index (κ1) is 15.4. The lowest BCUT2D eigenvalue weighted by molar-refractivity contribution is 0.0102. The van der Waals surface area contributed by atoms with E-state index in [2.05, 4.69) is 5.32 Å². The smallest absolute Gasteiger partial charge is 0.243 e. The number of sulfonamides is 1. The van der Waals surface area contributed by atoms with E-state index >= 15 is 0 Å². The summed E-state index contributed by atoms with van der Waals surface area (Å²) in [7, 11) is -1.58. The van der Waals surface area contributed by atoms with Gasteiger partial charge in [0, 0.05) is 19.6 Å². The fraction of sp³-hybridized carbons (Fsp3) is 0.571. The third-order valence-electron chi connectivity index (χ3n) is 3.53. The summed E-state index contributed by atoms with van der Waals surface area (Å²) in [5.41, 5.74) is 2.10. The molecule has 1 heterocycles. The van der Waals surface area contributed by atoms with Crippen molar-refractivity contribution in [3.8, 4) is 0 Å². The number of nitrogens with zero attached hydrogens (tertiary/aromatic N) is 1. The molecular weight excluding hydrogens is 276 g/mol. The zero-order chi connectivity index (χ0) is 14.8. The van der Waals surface area contributed by atoms with Crippen LogP contribution in [0.4, 0.5) is 0 Å². The van der Waals surface area contributed by atoms with Gasteiger partial charge in [0.2, 0.25) is 10.0 Å². The Morgan fingerprint density at radius 2 is 2.20 bits per heavy atom. The van der Waals surface area contributed by atoms with Crippen LogP contribution in [0.5, 0.6) is 0 Å². The predicted molar refractivity (Wildman–Crippen MR) is 78.1 cm³/mol. The van der Waals surface area contributed by atoms with Crippen molar-refractivity contribution in [3.63, 3.8) is 0 Å². The molecular formula is C14H22N2O3S. The predicted octanol–water partition coefficient (Wildman–Crippen LogP) is 1.12. The Bertz CT molecular complexity index is 572. The lowest BCUT2D eigenvalue weighted by Gasteiger charge is -2.30. The van der Waals surface area contributed by atoms with Crippen molar-refractivity contribution in [2.75, 3.05) is 26.7 Å². The summed E-state index contributed by atoms with van der Waals surface area (Å²) in [6.07, 6.45) is -0.0549. The topological polar surface area (TPSA) is 58.6 Å². The fourth-order valence-electron chi connectivity index (χ4n) is 2.34. The monoisotopic (exact) mass is 298 g/mol. The van der Waals surface area contributed by atoms with E-state index in [9.17, 15) is 8.42 Å². The van der Waals surface area contributed by atoms with Gasteiger partial charge in [-0.05, 0) is 44.2 Å². The molecule has 1 aromatic carbocycles. The third-order valence-corrected chi connectivity index (χ3v) is 5.39. The molecule has 1 aromatic rings. The van der Waals surface area contributed by atoms with Crippen LogP contribution in [0.15, 0.2) is 23.1 Å². The summed E-state index contributed by atoms with van der Waals surface area (Å²) >= 11 is 0. The molecule has 0 bridgehead atoms. The highest BCUT2D eigenvalue weighted by molar-refractivity contribution is 7.89. The van der Waals surface area contributed by atoms with Crippen molar-refractivity contribution in [1.82, 2.24) is 9.62 Å². The maximum Gasteiger partial charge on any atom is 0.243 e. The number of rotatable bonds is 4. The molecule has 2 rings (SSSR count). The van der Waals surface area contributed by atoms with Gasteiger partial charge in [-0.25, -0.2) is 8.42 Å². The van der Waals surface area contributed by atoms with Crippen molar-refractivity contribution in [1.29, 1.82) is 0 Å². The maximum atomic E-state index is 12.7. The minimum Gasteiger partial charge on any atom is -0.376 e. The van der Waals surface area contributed by atoms with Crippen molar-refractivity contribution >= 4 is 10.0 Å². The maximum absolute atomic E-state index is 12.7. The van der Waals surface area contributed by atoms with E-state index in [0.717, 1.165) is 11.1 Å². The molecule has 6 heteroatoms. The first-order valence-corrected chi connectivity index (χ1v) is 8.25. The van der Waals surface area contributed by atoms with Gasteiger partial charge in [-0.2, -0.15) is 4.31 Å². The zero-order valence-electron chi connectivity index (χ0n) is 12.2. The number of hydrogen-bond acceptors (Lipinski definition) is 4. The third kappa shape index (κ3) is 3.20. The Labute approximate surface area is 121 Å². The Morgan fingerprint density at radius 1 is 1.45 bits per heavy atom. The number of hydrogen-bond donors (Lipinski definition) is 1. The molecule has 0 saturated carbocycles. The van der Waals surface area contributed by atoms with Crippen LogP contribution in [0.1, 0.15) is 18.1 Å². The van der Waals surface area contributed by atoms with Gasteiger partial charge in [0.05, 0.1) is 17.6 Å². The molecule has 1 atom stereocenters. The molecule has 0 spiro atoms. The van der Waals surface area contributed by atoms with Gasteiger partial charge in [-0.15, -0.1) is 0 Å². The van der Waals surface area contributed by atoms with Crippen molar-refractivity contribution < 1.29 is 13.2 Å². The van der Waals surface area contributed by atoms with Crippen molar-refractivity contribution in [2.45, 2.75) is 31.4 Å². The Morgan fingerprint density at radius 3 is 2.85 bits per heavy atom. The van der Waals surface area contributed by atoms with Crippen LogP contribution in [0.3, 0.4) is 0 Å². The highest BCUT2D eigenvalue weighted by Crippen LogP contribution is 2.21. The summed E-state index contributed by atoms with van der Waals surface area (Å²) in [6.45, 7) is 5.83. The Balaban J connectivity index is 2.31. The van der Waals surface area contributed by atoms with Gasteiger partial charge in [0.25, 0.3) is 0 Å². The molecule has 1 aliphatic heterocycles. The molecule has 0 radical (unpaired) electrons. The zero-order valence-corrected chi connectivity index (χ0v) is 13.0. The molecule has 0 aliphatic carbocycles. The molecule has 1 saturated heterocycles. The largest absolute Gasteiger partial charge is 0.376 e. The summed E-state index contributed by atoms with van der Waals surface area (Å²) in [6, 6.07) is 5.31. The number of benzene rings is 1. The fourth-order valence-corrected chi connectivity index (χ4v) is 3.89. The van der Waals surface area contributed by atoms with Crippen molar-refractivity contribution in [2.24, 2.45) is 0 Å². The Hall–Kier alpha value is -0.950. The molecule has 112 valence electrons. The lowest BCUT2D eigenvalue weighted by atomic mass is 10.1. The molecule has 1 unspecified atom stereocenters. The van der Waals surface area contributed by atoms with Gasteiger partial charge in [0.1, 0.15) is 0 Å². The second-order valence-electron chi connectivity index (χ2n) is 5.16. The lowest BCUT2D eigenvalue weighted by Crippen LogP contribution is -2.44. The molecule has 5 nitrogen and oxygen atoms in total. The highest BCUT2D eigenvalue weighted by Gasteiger charge is 2.29. The summed E-state index contributed by atoms with van der Waals surface area (Å²) in [5, 5.41) is 3.06. The quantitative estimate of drug-likeness (QED) is 0.905. The van der Waals surface area contributed by atoms with Crippen LogP contribution in [0.2, 0.25) is 0 Å². The minimum atomic E-state index is -3.43. The number of morpholine rings is 1. The summed E-state index contributed by atoms with van der Waals surface area (Å²) in [4.78, 5) is 0.363. The van der Waals surface area contributed by atoms with Crippen molar-refractivity contribution in [3.05, 3.63) is 29.3 Å². The van der Waals surface area contributed by atoms with E-state index in [-0.39, 0.29) is 6.10 Å². The van der Waals surface area contributed by atoms with E-state index in [0.29, 0.717) is 31.1 Å². The first-order valence-electron chi connectivity index (χ1n) is 6.81. The molecule has 0 aromatic heterocycles. The Kier molecular flexibility index (Phi) is 4.80. The molecule has 1 fully saturated rings. The standard InChI is InChI=1S/C14H22N2O3S/c1-11-4-5-14(8-13(11)9-15-3)20(17,18)16-6-7-19-12(2)10-16/h4-5,8,12,15H,6-7,9-10H2,1-3H3. The SMILES string of the molecule is CNCc1cc(S(=O)(=O)N2CCOC(C)C2)ccc1C. The van der Waals surface area contributed by atoms with E-state index in [1.165, 1.54) is 4.31 Å². The van der Waals surface area contributed by atoms with E-state index < -0.39 is 10.0 Å². The van der Waals surface area contributed by atoms with Crippen LogP contribution in [0.25, 0.3) is 0 Å². The average Bonchev–Trinajstić information content (AvgIpc) is 2.41. The van der Waals surface area contributed by atoms with Gasteiger partial charge >= 0.3 is 0 Å². The number of nitrogens with one attached hydrogen (secondary N) is 1. The minimum absolute atomic E-state index is 0.0549. The van der Waals surface area contributed by atoms with Crippen LogP contribution in [-0.4, -0.2) is 45.6 Å². The average molecular weight is 298 g/mol. The second kappa shape index (κ2) is 6.22. The summed E-state index contributed by atoms with van der Waals surface area (Å²) < 4.78 is 32.2. The van der Waals surface area contributed by atoms with E-state index in [4.69, 9.17) is 4.74 Å². The molecule has 0 amide bonds. The van der Waals surface area contributed by atoms with Crippen LogP contribution >= 0.6 is 0 Å². The van der Waals surface area contributed by atoms with Gasteiger partial charge in [-0.3, -0.25) is 0 Å². The normalized spacial score (nSPS) is 21.1. The molecule has 1 aliphatic rings. The first-order chi connectivity index (χ1) is 9.45. The number of aryl methyl sites for hydroxylation is 1. The van der Waals surface area contributed by atoms with Crippen LogP contribution in [-0.2, 0) is 21.3 Å². The van der Waals surface area contributed by atoms with Gasteiger partial charge < -0.3 is 10.1 Å².